The van der Waals surface area contributed by atoms with E-state index >= 15 is 0 Å². The Balaban J connectivity index is 1.61. The van der Waals surface area contributed by atoms with Crippen molar-refractivity contribution in [2.75, 3.05) is 5.32 Å². The summed E-state index contributed by atoms with van der Waals surface area (Å²) in [7, 11) is 0. The first-order chi connectivity index (χ1) is 19.9. The molecule has 1 aliphatic carbocycles. The number of nitrogens with zero attached hydrogens (tertiary/aromatic N) is 2. The molecule has 4 aromatic rings. The number of carbonyl (C=O) groups excluding carboxylic acids is 1. The van der Waals surface area contributed by atoms with Crippen molar-refractivity contribution in [3.05, 3.63) is 101 Å². The molecule has 0 unspecified atom stereocenters. The predicted octanol–water partition coefficient (Wildman–Crippen LogP) is 7.52. The monoisotopic (exact) mass is 608 g/mol. The fourth-order valence-corrected chi connectivity index (χ4v) is 5.39. The zero-order valence-electron chi connectivity index (χ0n) is 21.5. The fourth-order valence-electron chi connectivity index (χ4n) is 4.48. The summed E-state index contributed by atoms with van der Waals surface area (Å²) in [6.07, 6.45) is -8.16. The second kappa shape index (κ2) is 11.5. The number of alkyl halides is 6. The van der Waals surface area contributed by atoms with E-state index in [0.29, 0.717) is 5.56 Å². The van der Waals surface area contributed by atoms with Crippen LogP contribution in [0.2, 0.25) is 0 Å². The summed E-state index contributed by atoms with van der Waals surface area (Å²) in [4.78, 5) is 13.5. The molecule has 0 spiro atoms. The molecule has 1 saturated carbocycles. The van der Waals surface area contributed by atoms with Crippen molar-refractivity contribution in [3.63, 3.8) is 0 Å². The number of anilines is 1. The molecular formula is C28H22F6N4O3S. The molecule has 5 rings (SSSR count). The number of aromatic nitrogens is 2. The number of urea groups is 1. The van der Waals surface area contributed by atoms with E-state index in [1.165, 1.54) is 35.6 Å². The summed E-state index contributed by atoms with van der Waals surface area (Å²) < 4.78 is 87.0. The van der Waals surface area contributed by atoms with E-state index in [2.05, 4.69) is 30.3 Å². The average Bonchev–Trinajstić information content (AvgIpc) is 3.66. The highest BCUT2D eigenvalue weighted by atomic mass is 32.1. The number of halogens is 6. The number of benzene rings is 3. The van der Waals surface area contributed by atoms with Gasteiger partial charge in [-0.1, -0.05) is 65.9 Å². The Morgan fingerprint density at radius 3 is 1.90 bits per heavy atom. The normalized spacial score (nSPS) is 13.9. The van der Waals surface area contributed by atoms with Crippen molar-refractivity contribution in [2.45, 2.75) is 43.4 Å². The highest BCUT2D eigenvalue weighted by Gasteiger charge is 2.39. The lowest BCUT2D eigenvalue weighted by Crippen LogP contribution is -2.50. The molecule has 2 amide bonds. The van der Waals surface area contributed by atoms with Crippen molar-refractivity contribution < 1.29 is 40.6 Å². The topological polar surface area (TPSA) is 85.4 Å². The van der Waals surface area contributed by atoms with Crippen LogP contribution in [0.1, 0.15) is 40.5 Å². The van der Waals surface area contributed by atoms with E-state index in [-0.39, 0.29) is 28.6 Å². The largest absolute Gasteiger partial charge is 0.573 e. The maximum absolute atomic E-state index is 13.5. The van der Waals surface area contributed by atoms with Crippen molar-refractivity contribution >= 4 is 22.5 Å². The van der Waals surface area contributed by atoms with Crippen LogP contribution in [0.3, 0.4) is 0 Å². The number of amides is 2. The van der Waals surface area contributed by atoms with Crippen LogP contribution in [-0.4, -0.2) is 29.0 Å². The lowest BCUT2D eigenvalue weighted by Gasteiger charge is -2.36. The molecule has 1 heterocycles. The van der Waals surface area contributed by atoms with Gasteiger partial charge in [0, 0.05) is 12.3 Å². The minimum absolute atomic E-state index is 0.0738. The first-order valence-electron chi connectivity index (χ1n) is 12.6. The number of carbonyl (C=O) groups is 1. The summed E-state index contributed by atoms with van der Waals surface area (Å²) in [5, 5.41) is 14.4. The molecule has 42 heavy (non-hydrogen) atoms. The fraction of sp³-hybridized carbons (Fsp3) is 0.250. The smallest absolute Gasteiger partial charge is 0.406 e. The van der Waals surface area contributed by atoms with Crippen molar-refractivity contribution in [3.8, 4) is 11.5 Å². The average molecular weight is 609 g/mol. The third-order valence-electron chi connectivity index (χ3n) is 6.35. The van der Waals surface area contributed by atoms with Gasteiger partial charge < -0.3 is 14.8 Å². The number of nitrogens with one attached hydrogen (secondary N) is 2. The van der Waals surface area contributed by atoms with E-state index in [4.69, 9.17) is 0 Å². The van der Waals surface area contributed by atoms with Crippen molar-refractivity contribution in [1.82, 2.24) is 15.5 Å². The number of rotatable bonds is 9. The number of ether oxygens (including phenoxy) is 2. The Kier molecular flexibility index (Phi) is 7.99. The first kappa shape index (κ1) is 29.2. The minimum atomic E-state index is -5.01. The van der Waals surface area contributed by atoms with Gasteiger partial charge >= 0.3 is 18.8 Å². The highest BCUT2D eigenvalue weighted by Crippen LogP contribution is 2.42. The summed E-state index contributed by atoms with van der Waals surface area (Å²) in [5.74, 6) is -0.882. The Morgan fingerprint density at radius 2 is 1.38 bits per heavy atom. The molecule has 0 radical (unpaired) electrons. The molecule has 14 heteroatoms. The summed E-state index contributed by atoms with van der Waals surface area (Å²) >= 11 is 1.19. The van der Waals surface area contributed by atoms with Gasteiger partial charge in [-0.2, -0.15) is 0 Å². The van der Waals surface area contributed by atoms with E-state index < -0.39 is 35.8 Å². The lowest BCUT2D eigenvalue weighted by molar-refractivity contribution is -0.275. The van der Waals surface area contributed by atoms with Crippen LogP contribution < -0.4 is 20.1 Å². The van der Waals surface area contributed by atoms with Crippen LogP contribution in [0, 0.1) is 0 Å². The van der Waals surface area contributed by atoms with E-state index in [1.807, 2.05) is 0 Å². The standard InChI is InChI=1S/C28H22F6N4O3S/c29-27(30,31)40-21-10-4-8-19(14-21)26(16-17-6-2-1-3-7-17,20-9-5-11-22(15-20)41-28(32,33)34)36-24(39)35-25-38-37-23(42-25)18-12-13-18/h1-11,14-15,18H,12-13,16H2,(H2,35,36,38,39). The van der Waals surface area contributed by atoms with Crippen molar-refractivity contribution in [2.24, 2.45) is 0 Å². The second-order valence-corrected chi connectivity index (χ2v) is 10.5. The van der Waals surface area contributed by atoms with Gasteiger partial charge in [-0.05, 0) is 53.8 Å². The van der Waals surface area contributed by atoms with E-state index in [1.54, 1.807) is 30.3 Å². The molecule has 1 aliphatic rings. The van der Waals surface area contributed by atoms with Gasteiger partial charge in [-0.3, -0.25) is 5.32 Å². The van der Waals surface area contributed by atoms with Crippen LogP contribution in [0.25, 0.3) is 0 Å². The highest BCUT2D eigenvalue weighted by molar-refractivity contribution is 7.15. The van der Waals surface area contributed by atoms with E-state index in [9.17, 15) is 31.1 Å². The zero-order chi connectivity index (χ0) is 30.0. The maximum Gasteiger partial charge on any atom is 0.573 e. The molecule has 1 aromatic heterocycles. The van der Waals surface area contributed by atoms with Gasteiger partial charge in [0.05, 0.1) is 5.54 Å². The predicted molar refractivity (Wildman–Crippen MR) is 141 cm³/mol. The molecule has 0 atom stereocenters. The number of hydrogen-bond donors (Lipinski definition) is 2. The lowest BCUT2D eigenvalue weighted by atomic mass is 9.77. The number of hydrogen-bond acceptors (Lipinski definition) is 6. The third-order valence-corrected chi connectivity index (χ3v) is 7.35. The van der Waals surface area contributed by atoms with Crippen molar-refractivity contribution in [1.29, 1.82) is 0 Å². The van der Waals surface area contributed by atoms with Crippen LogP contribution in [0.15, 0.2) is 78.9 Å². The Labute approximate surface area is 239 Å². The summed E-state index contributed by atoms with van der Waals surface area (Å²) in [6, 6.07) is 17.6. The van der Waals surface area contributed by atoms with Gasteiger partial charge in [0.15, 0.2) is 0 Å². The zero-order valence-corrected chi connectivity index (χ0v) is 22.3. The molecule has 1 fully saturated rings. The van der Waals surface area contributed by atoms with Crippen LogP contribution in [-0.2, 0) is 12.0 Å². The minimum Gasteiger partial charge on any atom is -0.406 e. The summed E-state index contributed by atoms with van der Waals surface area (Å²) in [5.41, 5.74) is -0.897. The molecule has 220 valence electrons. The molecular weight excluding hydrogens is 586 g/mol. The molecule has 0 aliphatic heterocycles. The third kappa shape index (κ3) is 7.49. The molecule has 7 nitrogen and oxygen atoms in total. The van der Waals surface area contributed by atoms with Crippen LogP contribution in [0.5, 0.6) is 11.5 Å². The molecule has 2 N–H and O–H groups in total. The first-order valence-corrected chi connectivity index (χ1v) is 13.4. The molecule has 0 bridgehead atoms. The quantitative estimate of drug-likeness (QED) is 0.192. The van der Waals surface area contributed by atoms with Crippen LogP contribution >= 0.6 is 11.3 Å². The van der Waals surface area contributed by atoms with Gasteiger partial charge in [0.2, 0.25) is 5.13 Å². The Morgan fingerprint density at radius 1 is 0.810 bits per heavy atom. The maximum atomic E-state index is 13.5. The SMILES string of the molecule is O=C(Nc1nnc(C2CC2)s1)NC(Cc1ccccc1)(c1cccc(OC(F)(F)F)c1)c1cccc(OC(F)(F)F)c1. The Bertz CT molecular complexity index is 1480. The molecule has 0 saturated heterocycles. The van der Waals surface area contributed by atoms with Gasteiger partial charge in [-0.25, -0.2) is 4.79 Å². The van der Waals surface area contributed by atoms with Gasteiger partial charge in [-0.15, -0.1) is 36.5 Å². The second-order valence-electron chi connectivity index (χ2n) is 9.52. The van der Waals surface area contributed by atoms with Gasteiger partial charge in [0.25, 0.3) is 0 Å². The Hall–Kier alpha value is -4.33. The van der Waals surface area contributed by atoms with E-state index in [0.717, 1.165) is 42.1 Å². The van der Waals surface area contributed by atoms with Crippen LogP contribution in [0.4, 0.5) is 36.3 Å². The molecule has 3 aromatic carbocycles. The van der Waals surface area contributed by atoms with Gasteiger partial charge in [0.1, 0.15) is 16.5 Å². The summed E-state index contributed by atoms with van der Waals surface area (Å²) in [6.45, 7) is 0.